The summed E-state index contributed by atoms with van der Waals surface area (Å²) in [5.74, 6) is 2.10. The third-order valence-corrected chi connectivity index (χ3v) is 3.41. The van der Waals surface area contributed by atoms with E-state index in [0.717, 1.165) is 24.3 Å². The maximum absolute atomic E-state index is 11.8. The highest BCUT2D eigenvalue weighted by Crippen LogP contribution is 2.24. The van der Waals surface area contributed by atoms with Crippen molar-refractivity contribution in [3.8, 4) is 17.2 Å². The van der Waals surface area contributed by atoms with Gasteiger partial charge in [0.25, 0.3) is 5.91 Å². The van der Waals surface area contributed by atoms with E-state index >= 15 is 0 Å². The third-order valence-electron chi connectivity index (χ3n) is 3.41. The summed E-state index contributed by atoms with van der Waals surface area (Å²) in [6.45, 7) is 1.76. The zero-order chi connectivity index (χ0) is 15.4. The highest BCUT2D eigenvalue weighted by atomic mass is 16.5. The second kappa shape index (κ2) is 6.52. The second-order valence-corrected chi connectivity index (χ2v) is 5.43. The Morgan fingerprint density at radius 2 is 1.59 bits per heavy atom. The van der Waals surface area contributed by atoms with Gasteiger partial charge in [-0.2, -0.15) is 0 Å². The standard InChI is InChI=1S/C18H19NO3/c1-13(18(20)19-14-7-8-14)21-16-9-11-17(12-10-16)22-15-5-3-2-4-6-15/h2-6,9-14H,7-8H2,1H3,(H,19,20)/t13-/m0/s1. The largest absolute Gasteiger partial charge is 0.481 e. The molecule has 22 heavy (non-hydrogen) atoms. The third kappa shape index (κ3) is 4.01. The van der Waals surface area contributed by atoms with Gasteiger partial charge in [-0.25, -0.2) is 0 Å². The van der Waals surface area contributed by atoms with Crippen LogP contribution >= 0.6 is 0 Å². The van der Waals surface area contributed by atoms with Gasteiger partial charge in [0, 0.05) is 6.04 Å². The van der Waals surface area contributed by atoms with E-state index in [-0.39, 0.29) is 5.91 Å². The fourth-order valence-electron chi connectivity index (χ4n) is 2.01. The fraction of sp³-hybridized carbons (Fsp3) is 0.278. The minimum atomic E-state index is -0.499. The van der Waals surface area contributed by atoms with E-state index in [0.29, 0.717) is 11.8 Å². The molecular weight excluding hydrogens is 278 g/mol. The molecule has 0 aromatic heterocycles. The Labute approximate surface area is 130 Å². The minimum Gasteiger partial charge on any atom is -0.481 e. The van der Waals surface area contributed by atoms with E-state index in [1.807, 2.05) is 42.5 Å². The number of ether oxygens (including phenoxy) is 2. The lowest BCUT2D eigenvalue weighted by molar-refractivity contribution is -0.127. The average Bonchev–Trinajstić information content (AvgIpc) is 3.34. The molecule has 1 aliphatic carbocycles. The average molecular weight is 297 g/mol. The summed E-state index contributed by atoms with van der Waals surface area (Å²) in [6.07, 6.45) is 1.65. The van der Waals surface area contributed by atoms with E-state index in [1.54, 1.807) is 19.1 Å². The van der Waals surface area contributed by atoms with E-state index in [1.165, 1.54) is 0 Å². The number of benzene rings is 2. The van der Waals surface area contributed by atoms with Gasteiger partial charge in [-0.15, -0.1) is 0 Å². The van der Waals surface area contributed by atoms with Crippen molar-refractivity contribution < 1.29 is 14.3 Å². The molecule has 0 bridgehead atoms. The summed E-state index contributed by atoms with van der Waals surface area (Å²) in [6, 6.07) is 17.2. The van der Waals surface area contributed by atoms with Crippen LogP contribution in [0.15, 0.2) is 54.6 Å². The van der Waals surface area contributed by atoms with Crippen molar-refractivity contribution in [2.24, 2.45) is 0 Å². The summed E-state index contributed by atoms with van der Waals surface area (Å²) >= 11 is 0. The summed E-state index contributed by atoms with van der Waals surface area (Å²) in [4.78, 5) is 11.8. The molecule has 0 aliphatic heterocycles. The van der Waals surface area contributed by atoms with Crippen molar-refractivity contribution in [2.45, 2.75) is 31.9 Å². The van der Waals surface area contributed by atoms with Crippen LogP contribution in [0.2, 0.25) is 0 Å². The summed E-state index contributed by atoms with van der Waals surface area (Å²) in [5, 5.41) is 2.93. The summed E-state index contributed by atoms with van der Waals surface area (Å²) < 4.78 is 11.4. The first kappa shape index (κ1) is 14.4. The molecule has 1 fully saturated rings. The van der Waals surface area contributed by atoms with Crippen molar-refractivity contribution >= 4 is 5.91 Å². The number of hydrogen-bond acceptors (Lipinski definition) is 3. The molecular formula is C18H19NO3. The summed E-state index contributed by atoms with van der Waals surface area (Å²) in [7, 11) is 0. The molecule has 2 aromatic rings. The molecule has 0 saturated heterocycles. The SMILES string of the molecule is C[C@H](Oc1ccc(Oc2ccccc2)cc1)C(=O)NC1CC1. The van der Waals surface area contributed by atoms with Crippen molar-refractivity contribution in [1.29, 1.82) is 0 Å². The maximum Gasteiger partial charge on any atom is 0.260 e. The van der Waals surface area contributed by atoms with Crippen LogP contribution in [0.3, 0.4) is 0 Å². The zero-order valence-corrected chi connectivity index (χ0v) is 12.5. The lowest BCUT2D eigenvalue weighted by Crippen LogP contribution is -2.37. The quantitative estimate of drug-likeness (QED) is 0.887. The van der Waals surface area contributed by atoms with E-state index in [2.05, 4.69) is 5.32 Å². The molecule has 0 radical (unpaired) electrons. The van der Waals surface area contributed by atoms with Crippen LogP contribution in [0.5, 0.6) is 17.2 Å². The van der Waals surface area contributed by atoms with Crippen LogP contribution in [0.4, 0.5) is 0 Å². The van der Waals surface area contributed by atoms with Gasteiger partial charge < -0.3 is 14.8 Å². The predicted molar refractivity (Wildman–Crippen MR) is 84.2 cm³/mol. The molecule has 2 aromatic carbocycles. The maximum atomic E-state index is 11.8. The zero-order valence-electron chi connectivity index (χ0n) is 12.5. The molecule has 0 heterocycles. The number of hydrogen-bond donors (Lipinski definition) is 1. The number of amides is 1. The number of carbonyl (C=O) groups is 1. The van der Waals surface area contributed by atoms with Gasteiger partial charge in [0.1, 0.15) is 17.2 Å². The first-order valence-electron chi connectivity index (χ1n) is 7.51. The Kier molecular flexibility index (Phi) is 4.28. The summed E-state index contributed by atoms with van der Waals surface area (Å²) in [5.41, 5.74) is 0. The lowest BCUT2D eigenvalue weighted by atomic mass is 10.3. The van der Waals surface area contributed by atoms with Gasteiger partial charge >= 0.3 is 0 Å². The molecule has 0 spiro atoms. The van der Waals surface area contributed by atoms with Crippen molar-refractivity contribution in [3.05, 3.63) is 54.6 Å². The highest BCUT2D eigenvalue weighted by Gasteiger charge is 2.26. The van der Waals surface area contributed by atoms with Gasteiger partial charge in [0.15, 0.2) is 6.10 Å². The van der Waals surface area contributed by atoms with Gasteiger partial charge in [-0.05, 0) is 56.2 Å². The molecule has 4 heteroatoms. The van der Waals surface area contributed by atoms with Crippen LogP contribution < -0.4 is 14.8 Å². The Hall–Kier alpha value is -2.49. The molecule has 1 aliphatic rings. The van der Waals surface area contributed by atoms with Crippen LogP contribution in [-0.2, 0) is 4.79 Å². The molecule has 1 N–H and O–H groups in total. The van der Waals surface area contributed by atoms with E-state index in [9.17, 15) is 4.79 Å². The van der Waals surface area contributed by atoms with Crippen molar-refractivity contribution in [2.75, 3.05) is 0 Å². The Bertz CT molecular complexity index is 621. The lowest BCUT2D eigenvalue weighted by Gasteiger charge is -2.14. The Balaban J connectivity index is 1.55. The number of rotatable bonds is 6. The van der Waals surface area contributed by atoms with Crippen molar-refractivity contribution in [3.63, 3.8) is 0 Å². The van der Waals surface area contributed by atoms with Gasteiger partial charge in [-0.1, -0.05) is 18.2 Å². The number of carbonyl (C=O) groups excluding carboxylic acids is 1. The molecule has 1 amide bonds. The van der Waals surface area contributed by atoms with Gasteiger partial charge in [0.05, 0.1) is 0 Å². The van der Waals surface area contributed by atoms with Gasteiger partial charge in [0.2, 0.25) is 0 Å². The number of nitrogens with one attached hydrogen (secondary N) is 1. The van der Waals surface area contributed by atoms with Crippen LogP contribution in [0.25, 0.3) is 0 Å². The van der Waals surface area contributed by atoms with Crippen LogP contribution in [0, 0.1) is 0 Å². The van der Waals surface area contributed by atoms with E-state index < -0.39 is 6.10 Å². The topological polar surface area (TPSA) is 47.6 Å². The second-order valence-electron chi connectivity index (χ2n) is 5.43. The first-order chi connectivity index (χ1) is 10.7. The van der Waals surface area contributed by atoms with Crippen LogP contribution in [-0.4, -0.2) is 18.1 Å². The Morgan fingerprint density at radius 1 is 1.00 bits per heavy atom. The fourth-order valence-corrected chi connectivity index (χ4v) is 2.01. The van der Waals surface area contributed by atoms with E-state index in [4.69, 9.17) is 9.47 Å². The molecule has 4 nitrogen and oxygen atoms in total. The van der Waals surface area contributed by atoms with Crippen LogP contribution in [0.1, 0.15) is 19.8 Å². The molecule has 114 valence electrons. The molecule has 1 atom stereocenters. The molecule has 3 rings (SSSR count). The first-order valence-corrected chi connectivity index (χ1v) is 7.51. The molecule has 0 unspecified atom stereocenters. The predicted octanol–water partition coefficient (Wildman–Crippen LogP) is 3.52. The smallest absolute Gasteiger partial charge is 0.260 e. The minimum absolute atomic E-state index is 0.0629. The normalized spacial score (nSPS) is 15.0. The number of para-hydroxylation sites is 1. The Morgan fingerprint density at radius 3 is 2.23 bits per heavy atom. The van der Waals surface area contributed by atoms with Crippen molar-refractivity contribution in [1.82, 2.24) is 5.32 Å². The van der Waals surface area contributed by atoms with Gasteiger partial charge in [-0.3, -0.25) is 4.79 Å². The highest BCUT2D eigenvalue weighted by molar-refractivity contribution is 5.81. The monoisotopic (exact) mass is 297 g/mol. The molecule has 1 saturated carbocycles.